The first-order chi connectivity index (χ1) is 19.7. The molecule has 9 heteroatoms. The molecule has 0 bridgehead atoms. The van der Waals surface area contributed by atoms with E-state index in [1.165, 1.54) is 16.7 Å². The number of nitrogens with one attached hydrogen (secondary N) is 1. The molecule has 0 spiro atoms. The maximum absolute atomic E-state index is 13.6. The van der Waals surface area contributed by atoms with E-state index >= 15 is 0 Å². The Hall–Kier alpha value is -5.02. The molecule has 0 saturated carbocycles. The van der Waals surface area contributed by atoms with Crippen molar-refractivity contribution in [3.63, 3.8) is 0 Å². The Balaban J connectivity index is 1.45. The van der Waals surface area contributed by atoms with Crippen molar-refractivity contribution in [3.8, 4) is 11.1 Å². The van der Waals surface area contributed by atoms with Crippen molar-refractivity contribution in [2.45, 2.75) is 13.1 Å². The fourth-order valence-electron chi connectivity index (χ4n) is 4.68. The minimum Gasteiger partial charge on any atom is -0.478 e. The lowest BCUT2D eigenvalue weighted by Gasteiger charge is -2.18. The molecule has 41 heavy (non-hydrogen) atoms. The standard InChI is InChI=1S/C32H23BrN2O6/c33-24-14-15-25-26(16-24)27(21-4-2-1-3-5-21)28(32(40)41)35(30(25)37)18-20-8-10-22(11-9-20)29(36)34-17-19-6-12-23(13-7-19)31(38)39/h1-16H,17-18H2,(H,34,36)(H,38,39)(H,40,41). The van der Waals surface area contributed by atoms with Crippen LogP contribution in [0.15, 0.2) is 106 Å². The molecule has 0 aliphatic carbocycles. The van der Waals surface area contributed by atoms with Crippen LogP contribution in [0.1, 0.15) is 42.3 Å². The summed E-state index contributed by atoms with van der Waals surface area (Å²) in [5.41, 5.74) is 2.51. The van der Waals surface area contributed by atoms with Crippen molar-refractivity contribution in [2.24, 2.45) is 0 Å². The van der Waals surface area contributed by atoms with E-state index in [0.29, 0.717) is 33.0 Å². The van der Waals surface area contributed by atoms with E-state index < -0.39 is 17.5 Å². The lowest BCUT2D eigenvalue weighted by molar-refractivity contribution is 0.0679. The monoisotopic (exact) mass is 610 g/mol. The summed E-state index contributed by atoms with van der Waals surface area (Å²) in [6.07, 6.45) is 0. The van der Waals surface area contributed by atoms with Crippen molar-refractivity contribution in [1.29, 1.82) is 0 Å². The Labute approximate surface area is 242 Å². The molecule has 5 rings (SSSR count). The number of carbonyl (C=O) groups excluding carboxylic acids is 1. The van der Waals surface area contributed by atoms with E-state index in [1.54, 1.807) is 54.6 Å². The minimum absolute atomic E-state index is 0.00979. The van der Waals surface area contributed by atoms with E-state index in [4.69, 9.17) is 5.11 Å². The molecule has 0 saturated heterocycles. The number of hydrogen-bond donors (Lipinski definition) is 3. The molecule has 5 aromatic rings. The van der Waals surface area contributed by atoms with Crippen LogP contribution in [0.2, 0.25) is 0 Å². The molecule has 8 nitrogen and oxygen atoms in total. The van der Waals surface area contributed by atoms with Crippen LogP contribution >= 0.6 is 15.9 Å². The summed E-state index contributed by atoms with van der Waals surface area (Å²) in [6, 6.07) is 27.1. The second-order valence-electron chi connectivity index (χ2n) is 9.36. The number of halogens is 1. The highest BCUT2D eigenvalue weighted by molar-refractivity contribution is 9.10. The van der Waals surface area contributed by atoms with E-state index in [9.17, 15) is 24.3 Å². The van der Waals surface area contributed by atoms with Crippen LogP contribution in [0.4, 0.5) is 0 Å². The molecule has 0 aliphatic heterocycles. The SMILES string of the molecule is O=C(O)c1ccc(CNC(=O)c2ccc(Cn3c(C(=O)O)c(-c4ccccc4)c4cc(Br)ccc4c3=O)cc2)cc1. The van der Waals surface area contributed by atoms with Crippen molar-refractivity contribution in [1.82, 2.24) is 9.88 Å². The number of rotatable bonds is 8. The highest BCUT2D eigenvalue weighted by atomic mass is 79.9. The zero-order valence-corrected chi connectivity index (χ0v) is 23.1. The number of benzene rings is 4. The Morgan fingerprint density at radius 2 is 1.37 bits per heavy atom. The number of hydrogen-bond acceptors (Lipinski definition) is 4. The Morgan fingerprint density at radius 1 is 0.732 bits per heavy atom. The number of carboxylic acid groups (broad SMARTS) is 2. The number of amides is 1. The van der Waals surface area contributed by atoms with Crippen LogP contribution < -0.4 is 10.9 Å². The zero-order valence-electron chi connectivity index (χ0n) is 21.5. The predicted octanol–water partition coefficient (Wildman–Crippen LogP) is 5.81. The lowest BCUT2D eigenvalue weighted by atomic mass is 9.96. The maximum Gasteiger partial charge on any atom is 0.353 e. The largest absolute Gasteiger partial charge is 0.478 e. The Morgan fingerprint density at radius 3 is 2.00 bits per heavy atom. The van der Waals surface area contributed by atoms with Gasteiger partial charge in [-0.25, -0.2) is 9.59 Å². The fourth-order valence-corrected chi connectivity index (χ4v) is 5.04. The van der Waals surface area contributed by atoms with E-state index in [-0.39, 0.29) is 30.3 Å². The van der Waals surface area contributed by atoms with Crippen molar-refractivity contribution < 1.29 is 24.6 Å². The third-order valence-electron chi connectivity index (χ3n) is 6.71. The summed E-state index contributed by atoms with van der Waals surface area (Å²) in [6.45, 7) is 0.206. The molecule has 204 valence electrons. The summed E-state index contributed by atoms with van der Waals surface area (Å²) in [7, 11) is 0. The Bertz CT molecular complexity index is 1850. The van der Waals surface area contributed by atoms with Gasteiger partial charge in [-0.05, 0) is 64.5 Å². The van der Waals surface area contributed by atoms with Crippen molar-refractivity contribution in [3.05, 3.63) is 140 Å². The zero-order chi connectivity index (χ0) is 29.1. The Kier molecular flexibility index (Phi) is 7.80. The van der Waals surface area contributed by atoms with Gasteiger partial charge in [0.25, 0.3) is 11.5 Å². The van der Waals surface area contributed by atoms with Crippen LogP contribution in [0, 0.1) is 0 Å². The summed E-state index contributed by atoms with van der Waals surface area (Å²) in [4.78, 5) is 49.9. The van der Waals surface area contributed by atoms with Gasteiger partial charge in [-0.1, -0.05) is 70.5 Å². The van der Waals surface area contributed by atoms with Crippen LogP contribution in [0.3, 0.4) is 0 Å². The van der Waals surface area contributed by atoms with Gasteiger partial charge in [-0.2, -0.15) is 0 Å². The van der Waals surface area contributed by atoms with Gasteiger partial charge in [0.2, 0.25) is 0 Å². The topological polar surface area (TPSA) is 126 Å². The third kappa shape index (κ3) is 5.80. The van der Waals surface area contributed by atoms with Gasteiger partial charge in [0.1, 0.15) is 5.69 Å². The number of fused-ring (bicyclic) bond motifs is 1. The first-order valence-corrected chi connectivity index (χ1v) is 13.4. The smallest absolute Gasteiger partial charge is 0.353 e. The number of pyridine rings is 1. The molecular formula is C32H23BrN2O6. The van der Waals surface area contributed by atoms with E-state index in [0.717, 1.165) is 10.0 Å². The van der Waals surface area contributed by atoms with Crippen molar-refractivity contribution >= 4 is 44.5 Å². The van der Waals surface area contributed by atoms with Crippen LogP contribution in [0.25, 0.3) is 21.9 Å². The summed E-state index contributed by atoms with van der Waals surface area (Å²) in [5.74, 6) is -2.58. The fraction of sp³-hybridized carbons (Fsp3) is 0.0625. The molecule has 1 heterocycles. The minimum atomic E-state index is -1.23. The molecule has 0 radical (unpaired) electrons. The number of carbonyl (C=O) groups is 3. The van der Waals surface area contributed by atoms with Gasteiger partial charge in [0.05, 0.1) is 12.1 Å². The van der Waals surface area contributed by atoms with E-state index in [2.05, 4.69) is 21.2 Å². The quantitative estimate of drug-likeness (QED) is 0.204. The number of carboxylic acids is 2. The average molecular weight is 611 g/mol. The molecule has 0 fully saturated rings. The predicted molar refractivity (Wildman–Crippen MR) is 158 cm³/mol. The van der Waals surface area contributed by atoms with Gasteiger partial charge in [0, 0.05) is 27.5 Å². The molecule has 4 aromatic carbocycles. The van der Waals surface area contributed by atoms with Crippen molar-refractivity contribution in [2.75, 3.05) is 0 Å². The van der Waals surface area contributed by atoms with Crippen LogP contribution in [-0.2, 0) is 13.1 Å². The first-order valence-electron chi connectivity index (χ1n) is 12.6. The normalized spacial score (nSPS) is 10.9. The van der Waals surface area contributed by atoms with Gasteiger partial charge in [-0.15, -0.1) is 0 Å². The summed E-state index contributed by atoms with van der Waals surface area (Å²) >= 11 is 3.44. The van der Waals surface area contributed by atoms with E-state index in [1.807, 2.05) is 30.3 Å². The summed E-state index contributed by atoms with van der Waals surface area (Å²) < 4.78 is 1.98. The number of nitrogens with zero attached hydrogens (tertiary/aromatic N) is 1. The molecule has 0 aliphatic rings. The molecule has 0 unspecified atom stereocenters. The van der Waals surface area contributed by atoms with Gasteiger partial charge < -0.3 is 15.5 Å². The molecule has 0 atom stereocenters. The lowest BCUT2D eigenvalue weighted by Crippen LogP contribution is -2.28. The molecule has 3 N–H and O–H groups in total. The number of aromatic nitrogens is 1. The third-order valence-corrected chi connectivity index (χ3v) is 7.20. The van der Waals surface area contributed by atoms with Crippen LogP contribution in [-0.4, -0.2) is 32.6 Å². The van der Waals surface area contributed by atoms with Gasteiger partial charge in [0.15, 0.2) is 0 Å². The van der Waals surface area contributed by atoms with Gasteiger partial charge >= 0.3 is 11.9 Å². The van der Waals surface area contributed by atoms with Gasteiger partial charge in [-0.3, -0.25) is 14.2 Å². The highest BCUT2D eigenvalue weighted by Gasteiger charge is 2.23. The molecule has 1 amide bonds. The first kappa shape index (κ1) is 27.5. The summed E-state index contributed by atoms with van der Waals surface area (Å²) in [5, 5.41) is 23.0. The molecule has 1 aromatic heterocycles. The number of aromatic carboxylic acids is 2. The second kappa shape index (κ2) is 11.6. The highest BCUT2D eigenvalue weighted by Crippen LogP contribution is 2.32. The van der Waals surface area contributed by atoms with Crippen LogP contribution in [0.5, 0.6) is 0 Å². The average Bonchev–Trinajstić information content (AvgIpc) is 2.98. The molecular weight excluding hydrogens is 588 g/mol. The maximum atomic E-state index is 13.6. The second-order valence-corrected chi connectivity index (χ2v) is 10.3.